The smallest absolute Gasteiger partial charge is 0.315 e. The second-order valence-corrected chi connectivity index (χ2v) is 4.85. The monoisotopic (exact) mass is 251 g/mol. The van der Waals surface area contributed by atoms with Gasteiger partial charge in [0, 0.05) is 6.54 Å². The average Bonchev–Trinajstić information content (AvgIpc) is 2.29. The van der Waals surface area contributed by atoms with Crippen LogP contribution in [0, 0.1) is 6.92 Å². The van der Waals surface area contributed by atoms with Crippen LogP contribution < -0.4 is 5.73 Å². The third kappa shape index (κ3) is 3.09. The standard InChI is InChI=1S/C14H21NO3/c1-10-4-3-5-12(8-10)14(9-15,13(17)18)7-6-11(2)16/h3-5,8,11,16H,6-7,9,15H2,1-2H3,(H,17,18). The lowest BCUT2D eigenvalue weighted by Gasteiger charge is -2.29. The zero-order valence-electron chi connectivity index (χ0n) is 10.9. The number of nitrogens with two attached hydrogens (primary N) is 1. The Kier molecular flexibility index (Phi) is 4.87. The first kappa shape index (κ1) is 14.7. The van der Waals surface area contributed by atoms with Crippen molar-refractivity contribution < 1.29 is 15.0 Å². The van der Waals surface area contributed by atoms with Crippen LogP contribution in [-0.4, -0.2) is 28.8 Å². The molecule has 0 aliphatic rings. The van der Waals surface area contributed by atoms with Crippen molar-refractivity contribution >= 4 is 5.97 Å². The first-order valence-corrected chi connectivity index (χ1v) is 6.11. The van der Waals surface area contributed by atoms with Gasteiger partial charge in [0.15, 0.2) is 0 Å². The molecule has 1 aromatic rings. The molecule has 0 saturated heterocycles. The highest BCUT2D eigenvalue weighted by Crippen LogP contribution is 2.30. The number of hydrogen-bond acceptors (Lipinski definition) is 3. The van der Waals surface area contributed by atoms with Gasteiger partial charge in [-0.3, -0.25) is 4.79 Å². The average molecular weight is 251 g/mol. The quantitative estimate of drug-likeness (QED) is 0.714. The van der Waals surface area contributed by atoms with Crippen LogP contribution in [-0.2, 0) is 10.2 Å². The maximum Gasteiger partial charge on any atom is 0.315 e. The Morgan fingerprint density at radius 2 is 2.17 bits per heavy atom. The molecule has 0 heterocycles. The summed E-state index contributed by atoms with van der Waals surface area (Å²) in [5, 5.41) is 18.9. The van der Waals surface area contributed by atoms with Gasteiger partial charge in [-0.25, -0.2) is 0 Å². The zero-order valence-corrected chi connectivity index (χ0v) is 10.9. The minimum atomic E-state index is -1.11. The molecule has 100 valence electrons. The maximum absolute atomic E-state index is 11.6. The van der Waals surface area contributed by atoms with Crippen LogP contribution in [0.4, 0.5) is 0 Å². The van der Waals surface area contributed by atoms with Crippen molar-refractivity contribution in [3.8, 4) is 0 Å². The van der Waals surface area contributed by atoms with Gasteiger partial charge in [-0.1, -0.05) is 29.8 Å². The topological polar surface area (TPSA) is 83.5 Å². The first-order chi connectivity index (χ1) is 8.42. The largest absolute Gasteiger partial charge is 0.481 e. The van der Waals surface area contributed by atoms with E-state index in [4.69, 9.17) is 5.73 Å². The Morgan fingerprint density at radius 3 is 2.61 bits per heavy atom. The number of rotatable bonds is 6. The van der Waals surface area contributed by atoms with E-state index in [1.807, 2.05) is 25.1 Å². The predicted molar refractivity (Wildman–Crippen MR) is 70.5 cm³/mol. The summed E-state index contributed by atoms with van der Waals surface area (Å²) in [6.07, 6.45) is 0.220. The molecular formula is C14H21NO3. The van der Waals surface area contributed by atoms with Gasteiger partial charge in [-0.15, -0.1) is 0 Å². The Balaban J connectivity index is 3.14. The summed E-state index contributed by atoms with van der Waals surface area (Å²) in [4.78, 5) is 11.6. The number of carboxylic acid groups (broad SMARTS) is 1. The minimum Gasteiger partial charge on any atom is -0.481 e. The van der Waals surface area contributed by atoms with E-state index in [1.54, 1.807) is 13.0 Å². The lowest BCUT2D eigenvalue weighted by molar-refractivity contribution is -0.144. The van der Waals surface area contributed by atoms with Crippen molar-refractivity contribution in [2.45, 2.75) is 38.2 Å². The van der Waals surface area contributed by atoms with E-state index in [0.29, 0.717) is 18.4 Å². The fraction of sp³-hybridized carbons (Fsp3) is 0.500. The summed E-state index contributed by atoms with van der Waals surface area (Å²) in [5.41, 5.74) is 6.32. The Morgan fingerprint density at radius 1 is 1.50 bits per heavy atom. The van der Waals surface area contributed by atoms with Gasteiger partial charge in [0.25, 0.3) is 0 Å². The molecule has 4 nitrogen and oxygen atoms in total. The van der Waals surface area contributed by atoms with Gasteiger partial charge >= 0.3 is 5.97 Å². The van der Waals surface area contributed by atoms with Crippen molar-refractivity contribution in [3.05, 3.63) is 35.4 Å². The van der Waals surface area contributed by atoms with E-state index in [-0.39, 0.29) is 6.54 Å². The van der Waals surface area contributed by atoms with Crippen LogP contribution in [0.2, 0.25) is 0 Å². The molecule has 0 bridgehead atoms. The molecule has 1 aromatic carbocycles. The summed E-state index contributed by atoms with van der Waals surface area (Å²) >= 11 is 0. The fourth-order valence-corrected chi connectivity index (χ4v) is 2.08. The van der Waals surface area contributed by atoms with E-state index >= 15 is 0 Å². The molecule has 0 fully saturated rings. The summed E-state index contributed by atoms with van der Waals surface area (Å²) in [5.74, 6) is -0.934. The second kappa shape index (κ2) is 5.98. The predicted octanol–water partition coefficient (Wildman–Crippen LogP) is 1.44. The fourth-order valence-electron chi connectivity index (χ4n) is 2.08. The molecule has 0 aliphatic heterocycles. The molecule has 2 atom stereocenters. The van der Waals surface area contributed by atoms with Gasteiger partial charge in [-0.05, 0) is 32.3 Å². The molecule has 0 spiro atoms. The van der Waals surface area contributed by atoms with Gasteiger partial charge in [0.05, 0.1) is 6.10 Å². The molecule has 0 amide bonds. The lowest BCUT2D eigenvalue weighted by atomic mass is 9.76. The van der Waals surface area contributed by atoms with Gasteiger partial charge < -0.3 is 15.9 Å². The summed E-state index contributed by atoms with van der Waals surface area (Å²) in [6.45, 7) is 3.60. The summed E-state index contributed by atoms with van der Waals surface area (Å²) in [7, 11) is 0. The first-order valence-electron chi connectivity index (χ1n) is 6.11. The van der Waals surface area contributed by atoms with E-state index in [9.17, 15) is 15.0 Å². The van der Waals surface area contributed by atoms with Crippen LogP contribution in [0.15, 0.2) is 24.3 Å². The Bertz CT molecular complexity index is 417. The number of aliphatic carboxylic acids is 1. The minimum absolute atomic E-state index is 0.0263. The van der Waals surface area contributed by atoms with Crippen molar-refractivity contribution in [1.82, 2.24) is 0 Å². The van der Waals surface area contributed by atoms with E-state index in [2.05, 4.69) is 0 Å². The van der Waals surface area contributed by atoms with Crippen LogP contribution in [0.1, 0.15) is 30.9 Å². The molecule has 2 unspecified atom stereocenters. The molecule has 0 saturated carbocycles. The zero-order chi connectivity index (χ0) is 13.8. The molecular weight excluding hydrogens is 230 g/mol. The second-order valence-electron chi connectivity index (χ2n) is 4.85. The van der Waals surface area contributed by atoms with Gasteiger partial charge in [0.1, 0.15) is 5.41 Å². The number of aliphatic hydroxyl groups excluding tert-OH is 1. The third-order valence-electron chi connectivity index (χ3n) is 3.32. The van der Waals surface area contributed by atoms with Crippen molar-refractivity contribution in [2.75, 3.05) is 6.54 Å². The molecule has 1 rings (SSSR count). The van der Waals surface area contributed by atoms with Crippen molar-refractivity contribution in [1.29, 1.82) is 0 Å². The number of aliphatic hydroxyl groups is 1. The van der Waals surface area contributed by atoms with Crippen LogP contribution >= 0.6 is 0 Å². The number of hydrogen-bond donors (Lipinski definition) is 3. The Labute approximate surface area is 107 Å². The molecule has 4 heteroatoms. The van der Waals surface area contributed by atoms with Crippen LogP contribution in [0.3, 0.4) is 0 Å². The van der Waals surface area contributed by atoms with Crippen LogP contribution in [0.5, 0.6) is 0 Å². The highest BCUT2D eigenvalue weighted by molar-refractivity contribution is 5.81. The Hall–Kier alpha value is -1.39. The van der Waals surface area contributed by atoms with Gasteiger partial charge in [0.2, 0.25) is 0 Å². The molecule has 0 aromatic heterocycles. The number of carboxylic acids is 1. The molecule has 0 radical (unpaired) electrons. The van der Waals surface area contributed by atoms with Crippen LogP contribution in [0.25, 0.3) is 0 Å². The molecule has 0 aliphatic carbocycles. The molecule has 18 heavy (non-hydrogen) atoms. The van der Waals surface area contributed by atoms with E-state index in [1.165, 1.54) is 0 Å². The summed E-state index contributed by atoms with van der Waals surface area (Å²) < 4.78 is 0. The molecule has 4 N–H and O–H groups in total. The summed E-state index contributed by atoms with van der Waals surface area (Å²) in [6, 6.07) is 7.39. The maximum atomic E-state index is 11.6. The van der Waals surface area contributed by atoms with Gasteiger partial charge in [-0.2, -0.15) is 0 Å². The number of carbonyl (C=O) groups is 1. The highest BCUT2D eigenvalue weighted by Gasteiger charge is 2.39. The normalized spacial score (nSPS) is 16.0. The highest BCUT2D eigenvalue weighted by atomic mass is 16.4. The van der Waals surface area contributed by atoms with E-state index < -0.39 is 17.5 Å². The van der Waals surface area contributed by atoms with E-state index in [0.717, 1.165) is 5.56 Å². The third-order valence-corrected chi connectivity index (χ3v) is 3.32. The van der Waals surface area contributed by atoms with Crippen molar-refractivity contribution in [3.63, 3.8) is 0 Å². The lowest BCUT2D eigenvalue weighted by Crippen LogP contribution is -2.43. The van der Waals surface area contributed by atoms with Crippen molar-refractivity contribution in [2.24, 2.45) is 5.73 Å². The number of benzene rings is 1. The number of aryl methyl sites for hydroxylation is 1. The SMILES string of the molecule is Cc1cccc(C(CN)(CCC(C)O)C(=O)O)c1.